The number of halogens is 1. The molecule has 0 atom stereocenters. The summed E-state index contributed by atoms with van der Waals surface area (Å²) in [6.07, 6.45) is 0. The van der Waals surface area contributed by atoms with Gasteiger partial charge in [-0.1, -0.05) is 35.9 Å². The van der Waals surface area contributed by atoms with Crippen LogP contribution in [0.1, 0.15) is 21.9 Å². The lowest BCUT2D eigenvalue weighted by atomic mass is 10.2. The fourth-order valence-corrected chi connectivity index (χ4v) is 3.81. The van der Waals surface area contributed by atoms with Gasteiger partial charge in [0.2, 0.25) is 5.91 Å². The van der Waals surface area contributed by atoms with Crippen LogP contribution < -0.4 is 10.1 Å². The molecule has 0 bridgehead atoms. The Morgan fingerprint density at radius 2 is 1.76 bits per heavy atom. The molecule has 0 radical (unpaired) electrons. The topological polar surface area (TPSA) is 98.8 Å². The van der Waals surface area contributed by atoms with Crippen LogP contribution in [0, 0.1) is 11.3 Å². The van der Waals surface area contributed by atoms with Gasteiger partial charge in [-0.25, -0.2) is 0 Å². The summed E-state index contributed by atoms with van der Waals surface area (Å²) in [4.78, 5) is 28.9. The van der Waals surface area contributed by atoms with Crippen molar-refractivity contribution >= 4 is 29.1 Å². The van der Waals surface area contributed by atoms with Gasteiger partial charge in [-0.05, 0) is 36.4 Å². The van der Waals surface area contributed by atoms with E-state index in [1.54, 1.807) is 59.5 Å². The predicted molar refractivity (Wildman–Crippen MR) is 127 cm³/mol. The number of hydrogen-bond acceptors (Lipinski definition) is 6. The molecule has 8 nitrogen and oxygen atoms in total. The fraction of sp³-hybridized carbons (Fsp3) is 0.240. The van der Waals surface area contributed by atoms with Gasteiger partial charge >= 0.3 is 0 Å². The maximum atomic E-state index is 12.8. The van der Waals surface area contributed by atoms with E-state index in [0.717, 1.165) is 0 Å². The second-order valence-electron chi connectivity index (χ2n) is 7.76. The summed E-state index contributed by atoms with van der Waals surface area (Å²) in [5.41, 5.74) is 1.01. The number of furan rings is 1. The third-order valence-corrected chi connectivity index (χ3v) is 5.75. The Hall–Kier alpha value is -3.80. The van der Waals surface area contributed by atoms with Gasteiger partial charge in [0, 0.05) is 26.2 Å². The van der Waals surface area contributed by atoms with Gasteiger partial charge in [0.05, 0.1) is 22.8 Å². The largest absolute Gasteiger partial charge is 0.484 e. The average molecular weight is 479 g/mol. The first-order valence-corrected chi connectivity index (χ1v) is 11.2. The van der Waals surface area contributed by atoms with E-state index in [1.165, 1.54) is 0 Å². The molecular weight excluding hydrogens is 456 g/mol. The van der Waals surface area contributed by atoms with Gasteiger partial charge in [0.25, 0.3) is 5.91 Å². The molecule has 34 heavy (non-hydrogen) atoms. The number of nitrogens with zero attached hydrogens (tertiary/aromatic N) is 3. The normalized spacial score (nSPS) is 13.8. The van der Waals surface area contributed by atoms with Crippen LogP contribution in [0.25, 0.3) is 0 Å². The summed E-state index contributed by atoms with van der Waals surface area (Å²) in [6, 6.07) is 19.4. The fourth-order valence-electron chi connectivity index (χ4n) is 3.62. The lowest BCUT2D eigenvalue weighted by Gasteiger charge is -2.33. The monoisotopic (exact) mass is 478 g/mol. The molecule has 1 aromatic heterocycles. The van der Waals surface area contributed by atoms with E-state index in [4.69, 9.17) is 26.0 Å². The molecule has 2 heterocycles. The molecule has 174 valence electrons. The number of nitrogens with one attached hydrogen (secondary N) is 1. The van der Waals surface area contributed by atoms with Crippen LogP contribution in [0.4, 0.5) is 5.69 Å². The minimum Gasteiger partial charge on any atom is -0.484 e. The Labute approximate surface area is 202 Å². The summed E-state index contributed by atoms with van der Waals surface area (Å²) in [5.74, 6) is 0.831. The maximum Gasteiger partial charge on any atom is 0.289 e. The van der Waals surface area contributed by atoms with Crippen LogP contribution in [0.15, 0.2) is 65.1 Å². The Bertz CT molecular complexity index is 1210. The number of carbonyl (C=O) groups excluding carboxylic acids is 2. The number of ether oxygens (including phenoxy) is 1. The van der Waals surface area contributed by atoms with E-state index in [9.17, 15) is 9.59 Å². The van der Waals surface area contributed by atoms with Crippen molar-refractivity contribution in [3.05, 3.63) is 82.8 Å². The summed E-state index contributed by atoms with van der Waals surface area (Å²) in [7, 11) is 0. The van der Waals surface area contributed by atoms with E-state index in [1.807, 2.05) is 11.0 Å². The zero-order valence-corrected chi connectivity index (χ0v) is 19.1. The number of benzene rings is 2. The predicted octanol–water partition coefficient (Wildman–Crippen LogP) is 3.78. The highest BCUT2D eigenvalue weighted by Gasteiger charge is 2.25. The van der Waals surface area contributed by atoms with Crippen LogP contribution in [-0.4, -0.2) is 54.3 Å². The first kappa shape index (κ1) is 23.4. The maximum absolute atomic E-state index is 12.8. The quantitative estimate of drug-likeness (QED) is 0.555. The highest BCUT2D eigenvalue weighted by atomic mass is 35.5. The third kappa shape index (κ3) is 5.76. The summed E-state index contributed by atoms with van der Waals surface area (Å²) < 4.78 is 11.3. The summed E-state index contributed by atoms with van der Waals surface area (Å²) in [5, 5.41) is 12.4. The van der Waals surface area contributed by atoms with Gasteiger partial charge in [0.1, 0.15) is 24.2 Å². The smallest absolute Gasteiger partial charge is 0.289 e. The van der Waals surface area contributed by atoms with Crippen molar-refractivity contribution < 1.29 is 18.7 Å². The molecule has 1 aliphatic rings. The van der Waals surface area contributed by atoms with Crippen molar-refractivity contribution in [2.24, 2.45) is 0 Å². The van der Waals surface area contributed by atoms with E-state index < -0.39 is 0 Å². The summed E-state index contributed by atoms with van der Waals surface area (Å²) >= 11 is 6.09. The number of piperazine rings is 1. The minimum absolute atomic E-state index is 0.111. The molecule has 1 fully saturated rings. The van der Waals surface area contributed by atoms with Crippen LogP contribution in [-0.2, 0) is 11.4 Å². The Morgan fingerprint density at radius 1 is 1.03 bits per heavy atom. The molecular formula is C25H23ClN4O4. The summed E-state index contributed by atoms with van der Waals surface area (Å²) in [6.45, 7) is 2.45. The molecule has 0 aliphatic carbocycles. The Kier molecular flexibility index (Phi) is 7.48. The first-order chi connectivity index (χ1) is 16.5. The van der Waals surface area contributed by atoms with Crippen molar-refractivity contribution in [3.8, 4) is 11.8 Å². The lowest BCUT2D eigenvalue weighted by Crippen LogP contribution is -2.50. The van der Waals surface area contributed by atoms with Crippen LogP contribution in [0.5, 0.6) is 5.75 Å². The second kappa shape index (κ2) is 10.9. The van der Waals surface area contributed by atoms with Gasteiger partial charge in [-0.15, -0.1) is 0 Å². The molecule has 0 spiro atoms. The van der Waals surface area contributed by atoms with Gasteiger partial charge in [-0.2, -0.15) is 5.26 Å². The lowest BCUT2D eigenvalue weighted by molar-refractivity contribution is -0.117. The van der Waals surface area contributed by atoms with Gasteiger partial charge in [0.15, 0.2) is 5.76 Å². The highest BCUT2D eigenvalue weighted by molar-refractivity contribution is 6.33. The SMILES string of the molecule is N#Cc1ccccc1OCc1ccc(C(=O)N2CCN(CC(=O)Nc3ccccc3Cl)CC2)o1. The molecule has 1 N–H and O–H groups in total. The zero-order valence-electron chi connectivity index (χ0n) is 18.4. The number of hydrogen-bond donors (Lipinski definition) is 1. The Balaban J connectivity index is 1.25. The number of carbonyl (C=O) groups is 2. The second-order valence-corrected chi connectivity index (χ2v) is 8.17. The molecule has 2 aromatic carbocycles. The number of rotatable bonds is 7. The van der Waals surface area contributed by atoms with E-state index in [-0.39, 0.29) is 30.7 Å². The van der Waals surface area contributed by atoms with Crippen LogP contribution in [0.3, 0.4) is 0 Å². The molecule has 0 unspecified atom stereocenters. The molecule has 3 aromatic rings. The van der Waals surface area contributed by atoms with Crippen molar-refractivity contribution in [2.45, 2.75) is 6.61 Å². The first-order valence-electron chi connectivity index (χ1n) is 10.8. The Morgan fingerprint density at radius 3 is 2.53 bits per heavy atom. The van der Waals surface area contributed by atoms with Gasteiger partial charge < -0.3 is 19.4 Å². The standard InChI is InChI=1S/C25H23ClN4O4/c26-20-6-2-3-7-21(20)28-24(31)16-29-11-13-30(14-12-29)25(32)23-10-9-19(34-23)17-33-22-8-4-1-5-18(22)15-27/h1-10H,11-14,16-17H2,(H,28,31). The van der Waals surface area contributed by atoms with Crippen LogP contribution >= 0.6 is 11.6 Å². The number of nitriles is 1. The van der Waals surface area contributed by atoms with Crippen molar-refractivity contribution in [2.75, 3.05) is 38.0 Å². The van der Waals surface area contributed by atoms with Crippen molar-refractivity contribution in [1.29, 1.82) is 5.26 Å². The highest BCUT2D eigenvalue weighted by Crippen LogP contribution is 2.21. The van der Waals surface area contributed by atoms with Gasteiger partial charge in [-0.3, -0.25) is 14.5 Å². The number of amides is 2. The number of para-hydroxylation sites is 2. The van der Waals surface area contributed by atoms with Crippen LogP contribution in [0.2, 0.25) is 5.02 Å². The minimum atomic E-state index is -0.205. The average Bonchev–Trinajstić information content (AvgIpc) is 3.33. The molecule has 4 rings (SSSR count). The van der Waals surface area contributed by atoms with E-state index in [0.29, 0.717) is 54.0 Å². The molecule has 9 heteroatoms. The molecule has 0 saturated carbocycles. The third-order valence-electron chi connectivity index (χ3n) is 5.42. The molecule has 2 amide bonds. The molecule has 1 saturated heterocycles. The van der Waals surface area contributed by atoms with Crippen molar-refractivity contribution in [3.63, 3.8) is 0 Å². The molecule has 1 aliphatic heterocycles. The van der Waals surface area contributed by atoms with E-state index in [2.05, 4.69) is 11.4 Å². The van der Waals surface area contributed by atoms with E-state index >= 15 is 0 Å². The number of anilines is 1. The van der Waals surface area contributed by atoms with Crippen molar-refractivity contribution in [1.82, 2.24) is 9.80 Å². The zero-order chi connectivity index (χ0) is 23.9.